The Morgan fingerprint density at radius 2 is 2.28 bits per heavy atom. The summed E-state index contributed by atoms with van der Waals surface area (Å²) in [5.41, 5.74) is 0.270. The van der Waals surface area contributed by atoms with Crippen LogP contribution < -0.4 is 5.32 Å². The van der Waals surface area contributed by atoms with Crippen LogP contribution in [0.25, 0.3) is 0 Å². The number of rotatable bonds is 4. The van der Waals surface area contributed by atoms with Crippen LogP contribution in [0.2, 0.25) is 5.02 Å². The molecule has 5 heteroatoms. The van der Waals surface area contributed by atoms with Crippen LogP contribution in [0, 0.1) is 16.7 Å². The maximum atomic E-state index is 11.2. The van der Waals surface area contributed by atoms with E-state index in [0.717, 1.165) is 6.42 Å². The molecule has 4 nitrogen and oxygen atoms in total. The van der Waals surface area contributed by atoms with Crippen LogP contribution in [0.3, 0.4) is 0 Å². The van der Waals surface area contributed by atoms with Gasteiger partial charge in [-0.05, 0) is 25.0 Å². The van der Waals surface area contributed by atoms with E-state index in [1.165, 1.54) is 0 Å². The summed E-state index contributed by atoms with van der Waals surface area (Å²) in [7, 11) is 0. The quantitative estimate of drug-likeness (QED) is 0.877. The van der Waals surface area contributed by atoms with Gasteiger partial charge in [0.2, 0.25) is 0 Å². The molecular weight excluding hydrogens is 252 g/mol. The van der Waals surface area contributed by atoms with Crippen molar-refractivity contribution in [3.05, 3.63) is 28.8 Å². The maximum Gasteiger partial charge on any atom is 0.311 e. The van der Waals surface area contributed by atoms with E-state index in [1.54, 1.807) is 18.2 Å². The molecule has 0 heterocycles. The molecule has 0 unspecified atom stereocenters. The summed E-state index contributed by atoms with van der Waals surface area (Å²) in [6.07, 6.45) is 2.30. The van der Waals surface area contributed by atoms with Gasteiger partial charge in [-0.15, -0.1) is 0 Å². The van der Waals surface area contributed by atoms with Crippen molar-refractivity contribution in [2.75, 3.05) is 11.9 Å². The molecule has 0 bridgehead atoms. The maximum absolute atomic E-state index is 11.2. The highest BCUT2D eigenvalue weighted by atomic mass is 35.5. The van der Waals surface area contributed by atoms with Crippen molar-refractivity contribution in [3.63, 3.8) is 0 Å². The molecule has 1 saturated carbocycles. The molecule has 0 radical (unpaired) electrons. The minimum atomic E-state index is -0.776. The first-order valence-electron chi connectivity index (χ1n) is 5.75. The van der Waals surface area contributed by atoms with Gasteiger partial charge >= 0.3 is 5.97 Å². The Bertz CT molecular complexity index is 518. The van der Waals surface area contributed by atoms with Crippen LogP contribution in [0.1, 0.15) is 24.8 Å². The number of nitrogens with one attached hydrogen (secondary N) is 1. The number of anilines is 1. The first-order valence-corrected chi connectivity index (χ1v) is 6.13. The fourth-order valence-electron chi connectivity index (χ4n) is 2.12. The Hall–Kier alpha value is -1.73. The van der Waals surface area contributed by atoms with Crippen molar-refractivity contribution in [2.45, 2.75) is 19.3 Å². The Labute approximate surface area is 110 Å². The first-order chi connectivity index (χ1) is 8.59. The van der Waals surface area contributed by atoms with E-state index in [0.29, 0.717) is 35.7 Å². The zero-order valence-electron chi connectivity index (χ0n) is 9.74. The fraction of sp³-hybridized carbons (Fsp3) is 0.385. The number of nitriles is 1. The van der Waals surface area contributed by atoms with Crippen LogP contribution in [-0.4, -0.2) is 17.6 Å². The number of nitrogens with zero attached hydrogens (tertiary/aromatic N) is 1. The molecule has 0 aromatic heterocycles. The van der Waals surface area contributed by atoms with Gasteiger partial charge in [-0.3, -0.25) is 4.79 Å². The number of benzene rings is 1. The van der Waals surface area contributed by atoms with Crippen LogP contribution in [0.4, 0.5) is 5.69 Å². The summed E-state index contributed by atoms with van der Waals surface area (Å²) in [6, 6.07) is 7.13. The second kappa shape index (κ2) is 4.87. The highest BCUT2D eigenvalue weighted by Crippen LogP contribution is 2.41. The van der Waals surface area contributed by atoms with E-state index < -0.39 is 11.4 Å². The summed E-state index contributed by atoms with van der Waals surface area (Å²) < 4.78 is 0. The third-order valence-electron chi connectivity index (χ3n) is 3.51. The standard InChI is InChI=1S/C13H13ClN2O2/c14-10-3-1-4-11(9(10)7-15)16-8-13(12(17)18)5-2-6-13/h1,3-4,16H,2,5-6,8H2,(H,17,18). The van der Waals surface area contributed by atoms with Gasteiger partial charge in [0, 0.05) is 6.54 Å². The van der Waals surface area contributed by atoms with E-state index in [4.69, 9.17) is 16.9 Å². The Morgan fingerprint density at radius 3 is 2.78 bits per heavy atom. The fourth-order valence-corrected chi connectivity index (χ4v) is 2.34. The number of hydrogen-bond acceptors (Lipinski definition) is 3. The van der Waals surface area contributed by atoms with Gasteiger partial charge in [0.25, 0.3) is 0 Å². The molecule has 1 aliphatic rings. The lowest BCUT2D eigenvalue weighted by Gasteiger charge is -2.38. The Balaban J connectivity index is 2.14. The molecule has 2 N–H and O–H groups in total. The molecule has 1 aromatic carbocycles. The molecule has 18 heavy (non-hydrogen) atoms. The molecular formula is C13H13ClN2O2. The number of carboxylic acid groups (broad SMARTS) is 1. The average Bonchev–Trinajstić information content (AvgIpc) is 2.27. The lowest BCUT2D eigenvalue weighted by Crippen LogP contribution is -2.43. The molecule has 0 amide bonds. The summed E-state index contributed by atoms with van der Waals surface area (Å²) in [5.74, 6) is -0.776. The number of aliphatic carboxylic acids is 1. The van der Waals surface area contributed by atoms with E-state index in [2.05, 4.69) is 5.32 Å². The van der Waals surface area contributed by atoms with Crippen molar-refractivity contribution in [3.8, 4) is 6.07 Å². The molecule has 94 valence electrons. The largest absolute Gasteiger partial charge is 0.481 e. The van der Waals surface area contributed by atoms with Crippen LogP contribution in [0.15, 0.2) is 18.2 Å². The molecule has 2 rings (SSSR count). The number of carboxylic acids is 1. The Kier molecular flexibility index (Phi) is 3.44. The predicted molar refractivity (Wildman–Crippen MR) is 68.6 cm³/mol. The molecule has 0 saturated heterocycles. The molecule has 1 aliphatic carbocycles. The zero-order valence-corrected chi connectivity index (χ0v) is 10.5. The van der Waals surface area contributed by atoms with Crippen molar-refractivity contribution in [1.82, 2.24) is 0 Å². The molecule has 1 aromatic rings. The number of carbonyl (C=O) groups is 1. The predicted octanol–water partition coefficient (Wildman–Crippen LogP) is 2.88. The summed E-state index contributed by atoms with van der Waals surface area (Å²) >= 11 is 5.91. The molecule has 0 spiro atoms. The normalized spacial score (nSPS) is 16.4. The first kappa shape index (κ1) is 12.7. The lowest BCUT2D eigenvalue weighted by atomic mass is 9.69. The zero-order chi connectivity index (χ0) is 13.2. The summed E-state index contributed by atoms with van der Waals surface area (Å²) in [4.78, 5) is 11.2. The van der Waals surface area contributed by atoms with E-state index in [9.17, 15) is 9.90 Å². The van der Waals surface area contributed by atoms with Crippen LogP contribution >= 0.6 is 11.6 Å². The van der Waals surface area contributed by atoms with E-state index in [-0.39, 0.29) is 0 Å². The second-order valence-corrected chi connectivity index (χ2v) is 4.97. The summed E-state index contributed by atoms with van der Waals surface area (Å²) in [5, 5.41) is 21.6. The minimum absolute atomic E-state index is 0.331. The lowest BCUT2D eigenvalue weighted by molar-refractivity contribution is -0.153. The molecule has 0 aliphatic heterocycles. The van der Waals surface area contributed by atoms with Gasteiger partial charge in [-0.2, -0.15) is 5.26 Å². The second-order valence-electron chi connectivity index (χ2n) is 4.57. The molecule has 1 fully saturated rings. The third-order valence-corrected chi connectivity index (χ3v) is 3.82. The highest BCUT2D eigenvalue weighted by molar-refractivity contribution is 6.32. The van der Waals surface area contributed by atoms with Crippen LogP contribution in [-0.2, 0) is 4.79 Å². The van der Waals surface area contributed by atoms with Gasteiger partial charge in [-0.1, -0.05) is 24.1 Å². The van der Waals surface area contributed by atoms with Crippen LogP contribution in [0.5, 0.6) is 0 Å². The number of halogens is 1. The van der Waals surface area contributed by atoms with Gasteiger partial charge in [0.15, 0.2) is 0 Å². The highest BCUT2D eigenvalue weighted by Gasteiger charge is 2.44. The third kappa shape index (κ3) is 2.14. The number of hydrogen-bond donors (Lipinski definition) is 2. The van der Waals surface area contributed by atoms with Gasteiger partial charge in [0.1, 0.15) is 6.07 Å². The van der Waals surface area contributed by atoms with Gasteiger partial charge in [0.05, 0.1) is 21.7 Å². The van der Waals surface area contributed by atoms with E-state index in [1.807, 2.05) is 6.07 Å². The van der Waals surface area contributed by atoms with Gasteiger partial charge < -0.3 is 10.4 Å². The van der Waals surface area contributed by atoms with Crippen molar-refractivity contribution >= 4 is 23.3 Å². The summed E-state index contributed by atoms with van der Waals surface area (Å²) in [6.45, 7) is 0.331. The smallest absolute Gasteiger partial charge is 0.311 e. The Morgan fingerprint density at radius 1 is 1.56 bits per heavy atom. The van der Waals surface area contributed by atoms with Crippen molar-refractivity contribution in [1.29, 1.82) is 5.26 Å². The van der Waals surface area contributed by atoms with Crippen molar-refractivity contribution in [2.24, 2.45) is 5.41 Å². The topological polar surface area (TPSA) is 73.1 Å². The minimum Gasteiger partial charge on any atom is -0.481 e. The van der Waals surface area contributed by atoms with Crippen molar-refractivity contribution < 1.29 is 9.90 Å². The van der Waals surface area contributed by atoms with E-state index >= 15 is 0 Å². The molecule has 0 atom stereocenters. The monoisotopic (exact) mass is 264 g/mol. The van der Waals surface area contributed by atoms with Gasteiger partial charge in [-0.25, -0.2) is 0 Å². The average molecular weight is 265 g/mol. The SMILES string of the molecule is N#Cc1c(Cl)cccc1NCC1(C(=O)O)CCC1.